The first-order valence-electron chi connectivity index (χ1n) is 12.2. The number of carbonyl (C=O) groups is 1. The molecule has 7 nitrogen and oxygen atoms in total. The van der Waals surface area contributed by atoms with E-state index < -0.39 is 0 Å². The minimum Gasteiger partial charge on any atom is -0.495 e. The molecular formula is C28H32Cl2N4O3. The Labute approximate surface area is 228 Å². The van der Waals surface area contributed by atoms with Crippen molar-refractivity contribution in [2.24, 2.45) is 5.92 Å². The summed E-state index contributed by atoms with van der Waals surface area (Å²) >= 11 is 13.2. The van der Waals surface area contributed by atoms with E-state index in [4.69, 9.17) is 37.7 Å². The third kappa shape index (κ3) is 5.84. The second kappa shape index (κ2) is 11.7. The summed E-state index contributed by atoms with van der Waals surface area (Å²) in [6, 6.07) is 7.72. The van der Waals surface area contributed by atoms with Crippen LogP contribution in [0.3, 0.4) is 0 Å². The van der Waals surface area contributed by atoms with E-state index >= 15 is 0 Å². The van der Waals surface area contributed by atoms with E-state index in [9.17, 15) is 4.79 Å². The van der Waals surface area contributed by atoms with Crippen LogP contribution in [0.2, 0.25) is 10.0 Å². The van der Waals surface area contributed by atoms with Crippen molar-refractivity contribution in [1.29, 1.82) is 0 Å². The van der Waals surface area contributed by atoms with Crippen LogP contribution in [-0.4, -0.2) is 73.1 Å². The Morgan fingerprint density at radius 2 is 1.89 bits per heavy atom. The maximum atomic E-state index is 12.4. The molecule has 0 N–H and O–H groups in total. The molecule has 0 spiro atoms. The number of ether oxygens (including phenoxy) is 2. The average molecular weight is 543 g/mol. The predicted octanol–water partition coefficient (Wildman–Crippen LogP) is 5.52. The summed E-state index contributed by atoms with van der Waals surface area (Å²) in [5.41, 5.74) is 2.30. The van der Waals surface area contributed by atoms with Crippen LogP contribution in [0, 0.1) is 5.92 Å². The number of benzene rings is 2. The lowest BCUT2D eigenvalue weighted by molar-refractivity contribution is -0.127. The Hall–Kier alpha value is -2.87. The summed E-state index contributed by atoms with van der Waals surface area (Å²) in [6.07, 6.45) is 5.88. The maximum Gasteiger partial charge on any atom is 0.246 e. The van der Waals surface area contributed by atoms with E-state index in [2.05, 4.69) is 16.5 Å². The van der Waals surface area contributed by atoms with E-state index in [1.165, 1.54) is 6.08 Å². The fourth-order valence-electron chi connectivity index (χ4n) is 5.02. The standard InChI is InChI=1S/C28H32Cl2N4O3/c1-6-25(35)34-15-17(11-20(34)16-33(2)3)7-10-24-31-14-19-12-18(8-9-21(19)32-24)26-27(29)22(36-4)13-23(37-5)28(26)30/h6,8-9,12-14,17,20H,1,7,10-11,15-16H2,2-5H3/t17-,20-/m0/s1. The minimum atomic E-state index is 0.000900. The van der Waals surface area contributed by atoms with E-state index in [-0.39, 0.29) is 11.9 Å². The number of likely N-dealkylation sites (tertiary alicyclic amines) is 1. The topological polar surface area (TPSA) is 67.8 Å². The van der Waals surface area contributed by atoms with Crippen molar-refractivity contribution in [2.45, 2.75) is 25.3 Å². The molecule has 0 saturated carbocycles. The number of methoxy groups -OCH3 is 2. The number of rotatable bonds is 9. The second-order valence-electron chi connectivity index (χ2n) is 9.60. The van der Waals surface area contributed by atoms with Gasteiger partial charge in [-0.05, 0) is 56.6 Å². The Balaban J connectivity index is 1.52. The summed E-state index contributed by atoms with van der Waals surface area (Å²) < 4.78 is 10.8. The summed E-state index contributed by atoms with van der Waals surface area (Å²) in [4.78, 5) is 25.8. The van der Waals surface area contributed by atoms with Gasteiger partial charge in [-0.1, -0.05) is 35.8 Å². The number of fused-ring (bicyclic) bond motifs is 1. The number of hydrogen-bond acceptors (Lipinski definition) is 6. The SMILES string of the molecule is C=CC(=O)N1C[C@@H](CCc2ncc3cc(-c4c(Cl)c(OC)cc(OC)c4Cl)ccc3n2)C[C@H]1CN(C)C. The third-order valence-electron chi connectivity index (χ3n) is 6.80. The maximum absolute atomic E-state index is 12.4. The molecule has 9 heteroatoms. The summed E-state index contributed by atoms with van der Waals surface area (Å²) in [5.74, 6) is 2.16. The smallest absolute Gasteiger partial charge is 0.246 e. The highest BCUT2D eigenvalue weighted by atomic mass is 35.5. The second-order valence-corrected chi connectivity index (χ2v) is 10.4. The Kier molecular flexibility index (Phi) is 8.57. The van der Waals surface area contributed by atoms with Crippen LogP contribution in [0.1, 0.15) is 18.7 Å². The highest BCUT2D eigenvalue weighted by Crippen LogP contribution is 2.46. The van der Waals surface area contributed by atoms with Crippen molar-refractivity contribution in [3.63, 3.8) is 0 Å². The molecule has 37 heavy (non-hydrogen) atoms. The third-order valence-corrected chi connectivity index (χ3v) is 7.55. The molecule has 196 valence electrons. The van der Waals surface area contributed by atoms with Gasteiger partial charge in [0.05, 0.1) is 29.8 Å². The van der Waals surface area contributed by atoms with Gasteiger partial charge >= 0.3 is 0 Å². The Morgan fingerprint density at radius 3 is 2.51 bits per heavy atom. The van der Waals surface area contributed by atoms with Gasteiger partial charge in [0.25, 0.3) is 0 Å². The molecule has 1 aliphatic rings. The summed E-state index contributed by atoms with van der Waals surface area (Å²) in [6.45, 7) is 5.25. The zero-order valence-corrected chi connectivity index (χ0v) is 23.1. The van der Waals surface area contributed by atoms with Crippen molar-refractivity contribution in [3.8, 4) is 22.6 Å². The fraction of sp³-hybridized carbons (Fsp3) is 0.393. The van der Waals surface area contributed by atoms with Crippen molar-refractivity contribution < 1.29 is 14.3 Å². The highest BCUT2D eigenvalue weighted by Gasteiger charge is 2.34. The molecule has 4 rings (SSSR count). The number of hydrogen-bond donors (Lipinski definition) is 0. The lowest BCUT2D eigenvalue weighted by Gasteiger charge is -2.25. The molecule has 1 aromatic heterocycles. The van der Waals surface area contributed by atoms with Gasteiger partial charge in [-0.15, -0.1) is 0 Å². The number of aromatic nitrogens is 2. The average Bonchev–Trinajstić information content (AvgIpc) is 3.29. The molecule has 1 amide bonds. The summed E-state index contributed by atoms with van der Waals surface area (Å²) in [5, 5.41) is 1.71. The molecule has 1 aliphatic heterocycles. The lowest BCUT2D eigenvalue weighted by atomic mass is 9.99. The first-order valence-corrected chi connectivity index (χ1v) is 12.9. The van der Waals surface area contributed by atoms with Gasteiger partial charge < -0.3 is 19.3 Å². The number of nitrogens with zero attached hydrogens (tertiary/aromatic N) is 4. The monoisotopic (exact) mass is 542 g/mol. The zero-order valence-electron chi connectivity index (χ0n) is 21.6. The highest BCUT2D eigenvalue weighted by molar-refractivity contribution is 6.41. The molecule has 0 aliphatic carbocycles. The molecule has 2 atom stereocenters. The number of carbonyl (C=O) groups excluding carboxylic acids is 1. The number of halogens is 2. The van der Waals surface area contributed by atoms with Gasteiger partial charge in [0.1, 0.15) is 17.3 Å². The fourth-order valence-corrected chi connectivity index (χ4v) is 5.74. The van der Waals surface area contributed by atoms with Gasteiger partial charge in [0.2, 0.25) is 5.91 Å². The molecule has 0 radical (unpaired) electrons. The molecule has 2 heterocycles. The number of likely N-dealkylation sites (N-methyl/N-ethyl adjacent to an activating group) is 1. The largest absolute Gasteiger partial charge is 0.495 e. The first-order chi connectivity index (χ1) is 17.7. The van der Waals surface area contributed by atoms with Gasteiger partial charge in [-0.25, -0.2) is 9.97 Å². The molecule has 0 bridgehead atoms. The molecular weight excluding hydrogens is 511 g/mol. The quantitative estimate of drug-likeness (QED) is 0.331. The van der Waals surface area contributed by atoms with E-state index in [1.54, 1.807) is 20.3 Å². The number of amides is 1. The van der Waals surface area contributed by atoms with Gasteiger partial charge in [-0.2, -0.15) is 0 Å². The Morgan fingerprint density at radius 1 is 1.19 bits per heavy atom. The normalized spacial score (nSPS) is 17.4. The van der Waals surface area contributed by atoms with E-state index in [0.717, 1.165) is 54.6 Å². The van der Waals surface area contributed by atoms with Crippen LogP contribution >= 0.6 is 23.2 Å². The van der Waals surface area contributed by atoms with Gasteiger partial charge in [0, 0.05) is 48.8 Å². The minimum absolute atomic E-state index is 0.000900. The molecule has 1 saturated heterocycles. The first kappa shape index (κ1) is 27.2. The van der Waals surface area contributed by atoms with Crippen LogP contribution < -0.4 is 9.47 Å². The number of aryl methyl sites for hydroxylation is 1. The van der Waals surface area contributed by atoms with Crippen LogP contribution in [-0.2, 0) is 11.2 Å². The molecule has 1 fully saturated rings. The van der Waals surface area contributed by atoms with Gasteiger partial charge in [0.15, 0.2) is 0 Å². The molecule has 3 aromatic rings. The van der Waals surface area contributed by atoms with E-state index in [1.807, 2.05) is 43.4 Å². The van der Waals surface area contributed by atoms with Crippen molar-refractivity contribution in [1.82, 2.24) is 19.8 Å². The summed E-state index contributed by atoms with van der Waals surface area (Å²) in [7, 11) is 7.17. The van der Waals surface area contributed by atoms with Crippen LogP contribution in [0.15, 0.2) is 43.1 Å². The predicted molar refractivity (Wildman–Crippen MR) is 149 cm³/mol. The van der Waals surface area contributed by atoms with Crippen LogP contribution in [0.5, 0.6) is 11.5 Å². The van der Waals surface area contributed by atoms with Crippen molar-refractivity contribution >= 4 is 40.0 Å². The lowest BCUT2D eigenvalue weighted by Crippen LogP contribution is -2.40. The molecule has 2 aromatic carbocycles. The zero-order chi connectivity index (χ0) is 26.7. The molecule has 0 unspecified atom stereocenters. The van der Waals surface area contributed by atoms with Crippen LogP contribution in [0.4, 0.5) is 0 Å². The van der Waals surface area contributed by atoms with Crippen LogP contribution in [0.25, 0.3) is 22.0 Å². The van der Waals surface area contributed by atoms with Crippen molar-refractivity contribution in [2.75, 3.05) is 41.4 Å². The van der Waals surface area contributed by atoms with Gasteiger partial charge in [-0.3, -0.25) is 4.79 Å². The Bertz CT molecular complexity index is 1290. The van der Waals surface area contributed by atoms with Crippen molar-refractivity contribution in [3.05, 3.63) is 59.0 Å². The van der Waals surface area contributed by atoms with E-state index in [0.29, 0.717) is 33.0 Å².